The van der Waals surface area contributed by atoms with E-state index < -0.39 is 11.9 Å². The lowest BCUT2D eigenvalue weighted by Crippen LogP contribution is -2.45. The quantitative estimate of drug-likeness (QED) is 0.772. The first kappa shape index (κ1) is 15.6. The van der Waals surface area contributed by atoms with E-state index in [0.29, 0.717) is 6.42 Å². The van der Waals surface area contributed by atoms with Gasteiger partial charge in [0, 0.05) is 12.3 Å². The maximum absolute atomic E-state index is 11.8. The van der Waals surface area contributed by atoms with Crippen molar-refractivity contribution in [3.63, 3.8) is 0 Å². The lowest BCUT2D eigenvalue weighted by atomic mass is 9.89. The van der Waals surface area contributed by atoms with E-state index in [0.717, 1.165) is 6.42 Å². The Labute approximate surface area is 102 Å². The molecule has 0 heterocycles. The minimum absolute atomic E-state index is 0.192. The standard InChI is InChI=1S/C12H22N2O3/c1-5-8(4)9(6-2)11(16)14-12(17)13-10(15)7-3/h8-9H,5-7H2,1-4H3,(H2,13,14,15,16,17). The van der Waals surface area contributed by atoms with Gasteiger partial charge >= 0.3 is 6.03 Å². The van der Waals surface area contributed by atoms with Gasteiger partial charge in [0.25, 0.3) is 0 Å². The van der Waals surface area contributed by atoms with Crippen molar-refractivity contribution in [3.8, 4) is 0 Å². The first-order valence-corrected chi connectivity index (χ1v) is 6.10. The Balaban J connectivity index is 4.31. The van der Waals surface area contributed by atoms with Crippen LogP contribution >= 0.6 is 0 Å². The third-order valence-corrected chi connectivity index (χ3v) is 2.92. The fourth-order valence-corrected chi connectivity index (χ4v) is 1.58. The first-order valence-electron chi connectivity index (χ1n) is 6.10. The van der Waals surface area contributed by atoms with Crippen LogP contribution in [0, 0.1) is 11.8 Å². The van der Waals surface area contributed by atoms with Gasteiger partial charge in [0.2, 0.25) is 11.8 Å². The normalized spacial score (nSPS) is 13.6. The van der Waals surface area contributed by atoms with Crippen molar-refractivity contribution in [1.29, 1.82) is 0 Å². The zero-order valence-corrected chi connectivity index (χ0v) is 11.0. The lowest BCUT2D eigenvalue weighted by molar-refractivity contribution is -0.125. The third kappa shape index (κ3) is 5.47. The van der Waals surface area contributed by atoms with E-state index in [2.05, 4.69) is 10.6 Å². The Bertz CT molecular complexity index is 289. The fraction of sp³-hybridized carbons (Fsp3) is 0.750. The van der Waals surface area contributed by atoms with Gasteiger partial charge in [-0.1, -0.05) is 34.1 Å². The van der Waals surface area contributed by atoms with Gasteiger partial charge in [-0.3, -0.25) is 20.2 Å². The average Bonchev–Trinajstić information content (AvgIpc) is 2.28. The van der Waals surface area contributed by atoms with Crippen molar-refractivity contribution < 1.29 is 14.4 Å². The highest BCUT2D eigenvalue weighted by atomic mass is 16.2. The van der Waals surface area contributed by atoms with Crippen LogP contribution in [-0.2, 0) is 9.59 Å². The van der Waals surface area contributed by atoms with Crippen molar-refractivity contribution in [2.45, 2.75) is 47.0 Å². The lowest BCUT2D eigenvalue weighted by Gasteiger charge is -2.20. The smallest absolute Gasteiger partial charge is 0.278 e. The molecular formula is C12H22N2O3. The number of rotatable bonds is 5. The Morgan fingerprint density at radius 1 is 1.00 bits per heavy atom. The van der Waals surface area contributed by atoms with Crippen LogP contribution in [0.5, 0.6) is 0 Å². The van der Waals surface area contributed by atoms with Gasteiger partial charge in [0.15, 0.2) is 0 Å². The van der Waals surface area contributed by atoms with Crippen LogP contribution in [0.25, 0.3) is 0 Å². The van der Waals surface area contributed by atoms with Gasteiger partial charge in [-0.25, -0.2) is 4.79 Å². The van der Waals surface area contributed by atoms with Crippen LogP contribution in [0.1, 0.15) is 47.0 Å². The van der Waals surface area contributed by atoms with E-state index in [1.165, 1.54) is 0 Å². The predicted molar refractivity (Wildman–Crippen MR) is 65.2 cm³/mol. The molecule has 2 N–H and O–H groups in total. The maximum Gasteiger partial charge on any atom is 0.328 e. The number of amides is 4. The van der Waals surface area contributed by atoms with Gasteiger partial charge in [-0.15, -0.1) is 0 Å². The Hall–Kier alpha value is -1.39. The Kier molecular flexibility index (Phi) is 7.18. The molecule has 0 aliphatic rings. The highest BCUT2D eigenvalue weighted by Gasteiger charge is 2.23. The second-order valence-electron chi connectivity index (χ2n) is 4.12. The zero-order valence-electron chi connectivity index (χ0n) is 11.0. The summed E-state index contributed by atoms with van der Waals surface area (Å²) in [6, 6.07) is -0.733. The molecule has 5 heteroatoms. The highest BCUT2D eigenvalue weighted by Crippen LogP contribution is 2.18. The van der Waals surface area contributed by atoms with Crippen molar-refractivity contribution in [1.82, 2.24) is 10.6 Å². The van der Waals surface area contributed by atoms with E-state index in [-0.39, 0.29) is 24.2 Å². The Morgan fingerprint density at radius 3 is 2.00 bits per heavy atom. The van der Waals surface area contributed by atoms with Crippen LogP contribution in [0.3, 0.4) is 0 Å². The van der Waals surface area contributed by atoms with E-state index in [9.17, 15) is 14.4 Å². The highest BCUT2D eigenvalue weighted by molar-refractivity contribution is 6.02. The molecule has 0 radical (unpaired) electrons. The SMILES string of the molecule is CCC(=O)NC(=O)NC(=O)C(CC)C(C)CC. The molecule has 0 bridgehead atoms. The van der Waals surface area contributed by atoms with Crippen molar-refractivity contribution in [3.05, 3.63) is 0 Å². The molecule has 0 aromatic carbocycles. The second-order valence-corrected chi connectivity index (χ2v) is 4.12. The maximum atomic E-state index is 11.8. The number of hydrogen-bond donors (Lipinski definition) is 2. The molecule has 0 aromatic rings. The van der Waals surface area contributed by atoms with Crippen LogP contribution < -0.4 is 10.6 Å². The fourth-order valence-electron chi connectivity index (χ4n) is 1.58. The van der Waals surface area contributed by atoms with Crippen LogP contribution in [0.15, 0.2) is 0 Å². The summed E-state index contributed by atoms with van der Waals surface area (Å²) in [5.41, 5.74) is 0. The van der Waals surface area contributed by atoms with Crippen molar-refractivity contribution >= 4 is 17.8 Å². The molecule has 0 rings (SSSR count). The molecular weight excluding hydrogens is 220 g/mol. The van der Waals surface area contributed by atoms with E-state index in [1.54, 1.807) is 6.92 Å². The summed E-state index contributed by atoms with van der Waals surface area (Å²) in [5.74, 6) is -0.688. The van der Waals surface area contributed by atoms with Gasteiger partial charge in [0.1, 0.15) is 0 Å². The number of carbonyl (C=O) groups is 3. The van der Waals surface area contributed by atoms with Gasteiger partial charge in [0.05, 0.1) is 0 Å². The summed E-state index contributed by atoms with van der Waals surface area (Å²) < 4.78 is 0. The third-order valence-electron chi connectivity index (χ3n) is 2.92. The molecule has 2 atom stereocenters. The summed E-state index contributed by atoms with van der Waals surface area (Å²) in [7, 11) is 0. The van der Waals surface area contributed by atoms with E-state index in [4.69, 9.17) is 0 Å². The summed E-state index contributed by atoms with van der Waals surface area (Å²) in [5, 5.41) is 4.29. The minimum atomic E-state index is -0.733. The minimum Gasteiger partial charge on any atom is -0.278 e. The summed E-state index contributed by atoms with van der Waals surface area (Å²) >= 11 is 0. The van der Waals surface area contributed by atoms with E-state index >= 15 is 0 Å². The van der Waals surface area contributed by atoms with Crippen LogP contribution in [-0.4, -0.2) is 17.8 Å². The molecule has 0 saturated heterocycles. The molecule has 5 nitrogen and oxygen atoms in total. The summed E-state index contributed by atoms with van der Waals surface area (Å²) in [4.78, 5) is 34.0. The molecule has 0 fully saturated rings. The largest absolute Gasteiger partial charge is 0.328 e. The van der Waals surface area contributed by atoms with Crippen LogP contribution in [0.2, 0.25) is 0 Å². The first-order chi connectivity index (χ1) is 7.96. The number of nitrogens with one attached hydrogen (secondary N) is 2. The van der Waals surface area contributed by atoms with Crippen molar-refractivity contribution in [2.75, 3.05) is 0 Å². The molecule has 0 aromatic heterocycles. The Morgan fingerprint density at radius 2 is 1.59 bits per heavy atom. The average molecular weight is 242 g/mol. The predicted octanol–water partition coefficient (Wildman–Crippen LogP) is 1.82. The molecule has 0 aliphatic carbocycles. The van der Waals surface area contributed by atoms with Gasteiger partial charge in [-0.2, -0.15) is 0 Å². The van der Waals surface area contributed by atoms with E-state index in [1.807, 2.05) is 20.8 Å². The summed E-state index contributed by atoms with van der Waals surface area (Å²) in [6.45, 7) is 7.52. The van der Waals surface area contributed by atoms with Gasteiger partial charge < -0.3 is 0 Å². The van der Waals surface area contributed by atoms with Gasteiger partial charge in [-0.05, 0) is 12.3 Å². The number of carbonyl (C=O) groups excluding carboxylic acids is 3. The second kappa shape index (κ2) is 7.81. The molecule has 17 heavy (non-hydrogen) atoms. The summed E-state index contributed by atoms with van der Waals surface area (Å²) in [6.07, 6.45) is 1.77. The molecule has 0 saturated carbocycles. The topological polar surface area (TPSA) is 75.3 Å². The number of hydrogen-bond acceptors (Lipinski definition) is 3. The monoisotopic (exact) mass is 242 g/mol. The molecule has 0 spiro atoms. The zero-order chi connectivity index (χ0) is 13.4. The number of imide groups is 2. The molecule has 2 unspecified atom stereocenters. The number of urea groups is 1. The van der Waals surface area contributed by atoms with Crippen LogP contribution in [0.4, 0.5) is 4.79 Å². The van der Waals surface area contributed by atoms with Crippen molar-refractivity contribution in [2.24, 2.45) is 11.8 Å². The molecule has 4 amide bonds. The molecule has 98 valence electrons. The molecule has 0 aliphatic heterocycles.